The second-order valence-corrected chi connectivity index (χ2v) is 7.20. The third-order valence-corrected chi connectivity index (χ3v) is 4.80. The minimum atomic E-state index is -0.0876. The van der Waals surface area contributed by atoms with E-state index in [4.69, 9.17) is 16.0 Å². The van der Waals surface area contributed by atoms with Crippen LogP contribution in [-0.2, 0) is 6.54 Å². The van der Waals surface area contributed by atoms with E-state index in [2.05, 4.69) is 5.32 Å². The number of carbonyl (C=O) groups excluding carboxylic acids is 1. The Bertz CT molecular complexity index is 613. The molecular weight excluding hydrogens is 334 g/mol. The number of likely N-dealkylation sites (N-methyl/N-ethyl adjacent to an activating group) is 1. The van der Waals surface area contributed by atoms with E-state index < -0.39 is 0 Å². The fourth-order valence-corrected chi connectivity index (χ4v) is 3.37. The number of urea groups is 1. The Morgan fingerprint density at radius 3 is 2.70 bits per heavy atom. The number of hydrogen-bond acceptors (Lipinski definition) is 4. The van der Waals surface area contributed by atoms with Crippen LogP contribution in [0.3, 0.4) is 0 Å². The zero-order chi connectivity index (χ0) is 16.8. The monoisotopic (exact) mass is 355 g/mol. The largest absolute Gasteiger partial charge is 0.468 e. The molecule has 2 heterocycles. The van der Waals surface area contributed by atoms with Gasteiger partial charge in [0.2, 0.25) is 0 Å². The highest BCUT2D eigenvalue weighted by Gasteiger charge is 2.20. The molecule has 5 nitrogen and oxygen atoms in total. The second-order valence-electron chi connectivity index (χ2n) is 5.40. The lowest BCUT2D eigenvalue weighted by atomic mass is 10.2. The van der Waals surface area contributed by atoms with Crippen LogP contribution >= 0.6 is 22.9 Å². The SMILES string of the molecule is CCN(Cc1ccc(Cl)s1)C(=O)NCC(c1ccco1)N(C)C. The van der Waals surface area contributed by atoms with Crippen LogP contribution in [0.5, 0.6) is 0 Å². The van der Waals surface area contributed by atoms with Gasteiger partial charge in [0.25, 0.3) is 0 Å². The Balaban J connectivity index is 1.93. The summed E-state index contributed by atoms with van der Waals surface area (Å²) in [7, 11) is 3.93. The number of nitrogens with zero attached hydrogens (tertiary/aromatic N) is 2. The molecule has 1 atom stereocenters. The maximum absolute atomic E-state index is 12.4. The maximum atomic E-state index is 12.4. The third-order valence-electron chi connectivity index (χ3n) is 3.59. The zero-order valence-corrected chi connectivity index (χ0v) is 15.2. The molecule has 1 unspecified atom stereocenters. The predicted octanol–water partition coefficient (Wildman–Crippen LogP) is 3.83. The van der Waals surface area contributed by atoms with Gasteiger partial charge in [0.05, 0.1) is 23.2 Å². The van der Waals surface area contributed by atoms with E-state index in [9.17, 15) is 4.79 Å². The first-order chi connectivity index (χ1) is 11.0. The van der Waals surface area contributed by atoms with Crippen molar-refractivity contribution in [3.8, 4) is 0 Å². The summed E-state index contributed by atoms with van der Waals surface area (Å²) in [5.41, 5.74) is 0. The standard InChI is InChI=1S/C16H22ClN3O2S/c1-4-20(11-12-7-8-15(17)23-12)16(21)18-10-13(19(2)3)14-6-5-9-22-14/h5-9,13H,4,10-11H2,1-3H3,(H,18,21). The Morgan fingerprint density at radius 2 is 2.17 bits per heavy atom. The summed E-state index contributed by atoms with van der Waals surface area (Å²) in [5.74, 6) is 0.836. The molecule has 0 saturated carbocycles. The summed E-state index contributed by atoms with van der Waals surface area (Å²) in [6.45, 7) is 3.65. The molecular formula is C16H22ClN3O2S. The Labute approximate surface area is 145 Å². The van der Waals surface area contributed by atoms with E-state index in [0.717, 1.165) is 15.0 Å². The van der Waals surface area contributed by atoms with Gasteiger partial charge in [-0.15, -0.1) is 11.3 Å². The topological polar surface area (TPSA) is 48.7 Å². The van der Waals surface area contributed by atoms with Gasteiger partial charge in [0.15, 0.2) is 0 Å². The van der Waals surface area contributed by atoms with Crippen molar-refractivity contribution >= 4 is 29.0 Å². The number of amides is 2. The van der Waals surface area contributed by atoms with Gasteiger partial charge in [-0.1, -0.05) is 11.6 Å². The number of carbonyl (C=O) groups is 1. The van der Waals surface area contributed by atoms with E-state index >= 15 is 0 Å². The Kier molecular flexibility index (Phi) is 6.50. The normalized spacial score (nSPS) is 12.4. The van der Waals surface area contributed by atoms with Crippen molar-refractivity contribution in [2.45, 2.75) is 19.5 Å². The molecule has 0 spiro atoms. The van der Waals surface area contributed by atoms with Gasteiger partial charge in [0, 0.05) is 18.0 Å². The molecule has 0 aliphatic rings. The van der Waals surface area contributed by atoms with Crippen LogP contribution in [0.4, 0.5) is 4.79 Å². The minimum Gasteiger partial charge on any atom is -0.468 e. The maximum Gasteiger partial charge on any atom is 0.317 e. The van der Waals surface area contributed by atoms with Crippen molar-refractivity contribution in [2.75, 3.05) is 27.2 Å². The van der Waals surface area contributed by atoms with Crippen LogP contribution in [0.2, 0.25) is 4.34 Å². The third kappa shape index (κ3) is 4.99. The average molecular weight is 356 g/mol. The lowest BCUT2D eigenvalue weighted by molar-refractivity contribution is 0.190. The molecule has 2 rings (SSSR count). The van der Waals surface area contributed by atoms with Crippen LogP contribution in [0.25, 0.3) is 0 Å². The smallest absolute Gasteiger partial charge is 0.317 e. The van der Waals surface area contributed by atoms with Gasteiger partial charge in [0.1, 0.15) is 5.76 Å². The Morgan fingerprint density at radius 1 is 1.39 bits per heavy atom. The number of rotatable bonds is 7. The van der Waals surface area contributed by atoms with E-state index in [0.29, 0.717) is 19.6 Å². The minimum absolute atomic E-state index is 0.00355. The van der Waals surface area contributed by atoms with Gasteiger partial charge < -0.3 is 14.6 Å². The molecule has 0 fully saturated rings. The fraction of sp³-hybridized carbons (Fsp3) is 0.438. The average Bonchev–Trinajstić information content (AvgIpc) is 3.16. The zero-order valence-electron chi connectivity index (χ0n) is 13.6. The van der Waals surface area contributed by atoms with Gasteiger partial charge in [-0.3, -0.25) is 4.90 Å². The van der Waals surface area contributed by atoms with Crippen molar-refractivity contribution in [3.63, 3.8) is 0 Å². The number of furan rings is 1. The molecule has 0 aliphatic carbocycles. The summed E-state index contributed by atoms with van der Waals surface area (Å²) in [5, 5.41) is 2.99. The highest BCUT2D eigenvalue weighted by atomic mass is 35.5. The molecule has 126 valence electrons. The quantitative estimate of drug-likeness (QED) is 0.821. The highest BCUT2D eigenvalue weighted by Crippen LogP contribution is 2.23. The van der Waals surface area contributed by atoms with Crippen LogP contribution in [0.1, 0.15) is 23.6 Å². The molecule has 0 aliphatic heterocycles. The molecule has 0 aromatic carbocycles. The molecule has 2 aromatic heterocycles. The van der Waals surface area contributed by atoms with Gasteiger partial charge in [-0.2, -0.15) is 0 Å². The molecule has 2 aromatic rings. The lowest BCUT2D eigenvalue weighted by Crippen LogP contribution is -2.42. The number of thiophene rings is 1. The van der Waals surface area contributed by atoms with Crippen LogP contribution in [-0.4, -0.2) is 43.0 Å². The summed E-state index contributed by atoms with van der Waals surface area (Å²) in [4.78, 5) is 17.3. The van der Waals surface area contributed by atoms with E-state index in [1.807, 2.05) is 50.2 Å². The van der Waals surface area contributed by atoms with Crippen LogP contribution in [0, 0.1) is 0 Å². The molecule has 7 heteroatoms. The molecule has 0 radical (unpaired) electrons. The second kappa shape index (κ2) is 8.38. The van der Waals surface area contributed by atoms with E-state index in [1.165, 1.54) is 11.3 Å². The van der Waals surface area contributed by atoms with Gasteiger partial charge >= 0.3 is 6.03 Å². The van der Waals surface area contributed by atoms with E-state index in [1.54, 1.807) is 11.2 Å². The Hall–Kier alpha value is -1.50. The number of hydrogen-bond donors (Lipinski definition) is 1. The summed E-state index contributed by atoms with van der Waals surface area (Å²) in [6.07, 6.45) is 1.65. The first-order valence-electron chi connectivity index (χ1n) is 7.48. The van der Waals surface area contributed by atoms with Crippen molar-refractivity contribution in [1.82, 2.24) is 15.1 Å². The molecule has 0 bridgehead atoms. The number of nitrogens with one attached hydrogen (secondary N) is 1. The highest BCUT2D eigenvalue weighted by molar-refractivity contribution is 7.16. The summed E-state index contributed by atoms with van der Waals surface area (Å²) >= 11 is 7.44. The van der Waals surface area contributed by atoms with Crippen LogP contribution in [0.15, 0.2) is 34.9 Å². The van der Waals surface area contributed by atoms with Gasteiger partial charge in [-0.05, 0) is 45.3 Å². The van der Waals surface area contributed by atoms with Gasteiger partial charge in [-0.25, -0.2) is 4.79 Å². The van der Waals surface area contributed by atoms with E-state index in [-0.39, 0.29) is 12.1 Å². The lowest BCUT2D eigenvalue weighted by Gasteiger charge is -2.25. The number of halogens is 1. The summed E-state index contributed by atoms with van der Waals surface area (Å²) < 4.78 is 6.19. The molecule has 0 saturated heterocycles. The molecule has 23 heavy (non-hydrogen) atoms. The van der Waals surface area contributed by atoms with Crippen LogP contribution < -0.4 is 5.32 Å². The predicted molar refractivity (Wildman–Crippen MR) is 93.9 cm³/mol. The molecule has 2 amide bonds. The van der Waals surface area contributed by atoms with Crippen molar-refractivity contribution < 1.29 is 9.21 Å². The summed E-state index contributed by atoms with van der Waals surface area (Å²) in [6, 6.07) is 7.49. The van der Waals surface area contributed by atoms with Crippen molar-refractivity contribution in [1.29, 1.82) is 0 Å². The fourth-order valence-electron chi connectivity index (χ4n) is 2.27. The first-order valence-corrected chi connectivity index (χ1v) is 8.67. The molecule has 1 N–H and O–H groups in total. The van der Waals surface area contributed by atoms with Crippen molar-refractivity contribution in [3.05, 3.63) is 45.5 Å². The van der Waals surface area contributed by atoms with Crippen molar-refractivity contribution in [2.24, 2.45) is 0 Å². The first kappa shape index (κ1) is 17.8.